The molecule has 0 saturated carbocycles. The van der Waals surface area contributed by atoms with Crippen LogP contribution in [0, 0.1) is 6.92 Å². The molecule has 0 fully saturated rings. The fourth-order valence-corrected chi connectivity index (χ4v) is 3.23. The monoisotopic (exact) mass is 277 g/mol. The molecule has 1 aromatic rings. The van der Waals surface area contributed by atoms with Crippen molar-refractivity contribution in [2.45, 2.75) is 24.8 Å². The summed E-state index contributed by atoms with van der Waals surface area (Å²) in [6, 6.07) is 4.75. The first kappa shape index (κ1) is 14.4. The first-order valence-electron chi connectivity index (χ1n) is 5.16. The molecule has 96 valence electrons. The Morgan fingerprint density at radius 1 is 1.47 bits per heavy atom. The number of aliphatic hydroxyl groups excluding tert-OH is 1. The van der Waals surface area contributed by atoms with E-state index in [4.69, 9.17) is 11.6 Å². The molecule has 0 aromatic heterocycles. The summed E-state index contributed by atoms with van der Waals surface area (Å²) in [6.45, 7) is 3.25. The maximum absolute atomic E-state index is 12.2. The zero-order valence-corrected chi connectivity index (χ0v) is 11.6. The number of nitrogens with zero attached hydrogens (tertiary/aromatic N) is 1. The summed E-state index contributed by atoms with van der Waals surface area (Å²) in [4.78, 5) is 0.174. The van der Waals surface area contributed by atoms with Gasteiger partial charge >= 0.3 is 0 Å². The number of hydrogen-bond donors (Lipinski definition) is 1. The highest BCUT2D eigenvalue weighted by Crippen LogP contribution is 2.24. The Morgan fingerprint density at radius 3 is 2.59 bits per heavy atom. The molecule has 1 atom stereocenters. The molecule has 0 saturated heterocycles. The van der Waals surface area contributed by atoms with Gasteiger partial charge in [-0.25, -0.2) is 8.42 Å². The normalized spacial score (nSPS) is 14.0. The molecular weight excluding hydrogens is 262 g/mol. The lowest BCUT2D eigenvalue weighted by molar-refractivity contribution is 0.171. The predicted octanol–water partition coefficient (Wildman–Crippen LogP) is 1.65. The lowest BCUT2D eigenvalue weighted by Gasteiger charge is -2.20. The second-order valence-corrected chi connectivity index (χ2v) is 6.42. The third kappa shape index (κ3) is 3.19. The van der Waals surface area contributed by atoms with Crippen molar-refractivity contribution in [3.05, 3.63) is 28.8 Å². The van der Waals surface area contributed by atoms with Gasteiger partial charge in [0.05, 0.1) is 11.0 Å². The van der Waals surface area contributed by atoms with Crippen molar-refractivity contribution in [3.63, 3.8) is 0 Å². The molecule has 0 aliphatic rings. The van der Waals surface area contributed by atoms with E-state index in [-0.39, 0.29) is 11.4 Å². The van der Waals surface area contributed by atoms with Gasteiger partial charge in [-0.3, -0.25) is 0 Å². The molecule has 6 heteroatoms. The molecule has 1 unspecified atom stereocenters. The molecule has 0 radical (unpaired) electrons. The standard InChI is InChI=1S/C11H16ClNO3S/c1-8(14)7-13(3)17(15,16)11-6-4-5-10(12)9(11)2/h4-6,8,14H,7H2,1-3H3. The zero-order chi connectivity index (χ0) is 13.2. The SMILES string of the molecule is Cc1c(Cl)cccc1S(=O)(=O)N(C)CC(C)O. The van der Waals surface area contributed by atoms with Crippen LogP contribution in [0.4, 0.5) is 0 Å². The number of hydrogen-bond acceptors (Lipinski definition) is 3. The first-order valence-corrected chi connectivity index (χ1v) is 6.98. The minimum absolute atomic E-state index is 0.0499. The van der Waals surface area contributed by atoms with E-state index in [1.165, 1.54) is 20.0 Å². The molecule has 0 aliphatic heterocycles. The van der Waals surface area contributed by atoms with Crippen LogP contribution >= 0.6 is 11.6 Å². The van der Waals surface area contributed by atoms with Gasteiger partial charge in [-0.1, -0.05) is 17.7 Å². The molecule has 1 rings (SSSR count). The van der Waals surface area contributed by atoms with Gasteiger partial charge in [0.1, 0.15) is 0 Å². The minimum Gasteiger partial charge on any atom is -0.392 e. The molecule has 0 aliphatic carbocycles. The van der Waals surface area contributed by atoms with Crippen molar-refractivity contribution >= 4 is 21.6 Å². The molecule has 0 bridgehead atoms. The summed E-state index contributed by atoms with van der Waals surface area (Å²) in [5, 5.41) is 9.64. The zero-order valence-electron chi connectivity index (χ0n) is 10.0. The largest absolute Gasteiger partial charge is 0.392 e. The number of rotatable bonds is 4. The van der Waals surface area contributed by atoms with Crippen LogP contribution in [0.2, 0.25) is 5.02 Å². The highest BCUT2D eigenvalue weighted by Gasteiger charge is 2.24. The summed E-state index contributed by atoms with van der Waals surface area (Å²) in [5.74, 6) is 0. The van der Waals surface area contributed by atoms with Gasteiger partial charge in [-0.2, -0.15) is 4.31 Å². The van der Waals surface area contributed by atoms with E-state index in [0.717, 1.165) is 4.31 Å². The Labute approximate surface area is 107 Å². The average Bonchev–Trinajstić information content (AvgIpc) is 2.20. The van der Waals surface area contributed by atoms with E-state index < -0.39 is 16.1 Å². The highest BCUT2D eigenvalue weighted by molar-refractivity contribution is 7.89. The Morgan fingerprint density at radius 2 is 2.06 bits per heavy atom. The summed E-state index contributed by atoms with van der Waals surface area (Å²) in [7, 11) is -2.17. The Kier molecular flexibility index (Phi) is 4.55. The summed E-state index contributed by atoms with van der Waals surface area (Å²) < 4.78 is 25.5. The van der Waals surface area contributed by atoms with Crippen molar-refractivity contribution in [3.8, 4) is 0 Å². The quantitative estimate of drug-likeness (QED) is 0.910. The van der Waals surface area contributed by atoms with Crippen LogP contribution in [0.15, 0.2) is 23.1 Å². The van der Waals surface area contributed by atoms with E-state index in [1.807, 2.05) is 0 Å². The third-order valence-electron chi connectivity index (χ3n) is 2.43. The lowest BCUT2D eigenvalue weighted by Crippen LogP contribution is -2.33. The molecule has 1 N–H and O–H groups in total. The van der Waals surface area contributed by atoms with Crippen LogP contribution in [-0.4, -0.2) is 37.5 Å². The molecule has 1 aromatic carbocycles. The molecule has 17 heavy (non-hydrogen) atoms. The van der Waals surface area contributed by atoms with E-state index in [9.17, 15) is 13.5 Å². The fraction of sp³-hybridized carbons (Fsp3) is 0.455. The molecule has 0 spiro atoms. The van der Waals surface area contributed by atoms with Crippen LogP contribution in [0.1, 0.15) is 12.5 Å². The van der Waals surface area contributed by atoms with Crippen molar-refractivity contribution in [2.24, 2.45) is 0 Å². The van der Waals surface area contributed by atoms with Crippen LogP contribution in [0.25, 0.3) is 0 Å². The van der Waals surface area contributed by atoms with Crippen LogP contribution in [-0.2, 0) is 10.0 Å². The van der Waals surface area contributed by atoms with E-state index in [2.05, 4.69) is 0 Å². The minimum atomic E-state index is -3.60. The summed E-state index contributed by atoms with van der Waals surface area (Å²) >= 11 is 5.90. The molecule has 4 nitrogen and oxygen atoms in total. The smallest absolute Gasteiger partial charge is 0.243 e. The molecule has 0 heterocycles. The van der Waals surface area contributed by atoms with Gasteiger partial charge in [-0.05, 0) is 31.5 Å². The second kappa shape index (κ2) is 5.35. The van der Waals surface area contributed by atoms with Gasteiger partial charge < -0.3 is 5.11 Å². The van der Waals surface area contributed by atoms with Gasteiger partial charge in [0.15, 0.2) is 0 Å². The first-order chi connectivity index (χ1) is 7.76. The molecule has 0 amide bonds. The summed E-state index contributed by atoms with van der Waals surface area (Å²) in [6.07, 6.45) is -0.714. The average molecular weight is 278 g/mol. The Hall–Kier alpha value is -0.620. The number of likely N-dealkylation sites (N-methyl/N-ethyl adjacent to an activating group) is 1. The number of benzene rings is 1. The molecular formula is C11H16ClNO3S. The van der Waals surface area contributed by atoms with E-state index >= 15 is 0 Å². The van der Waals surface area contributed by atoms with Gasteiger partial charge in [-0.15, -0.1) is 0 Å². The third-order valence-corrected chi connectivity index (χ3v) is 4.80. The van der Waals surface area contributed by atoms with E-state index in [1.54, 1.807) is 19.1 Å². The van der Waals surface area contributed by atoms with Gasteiger partial charge in [0, 0.05) is 18.6 Å². The van der Waals surface area contributed by atoms with Crippen LogP contribution in [0.5, 0.6) is 0 Å². The second-order valence-electron chi connectivity index (χ2n) is 4.00. The maximum atomic E-state index is 12.2. The van der Waals surface area contributed by atoms with E-state index in [0.29, 0.717) is 10.6 Å². The van der Waals surface area contributed by atoms with Crippen LogP contribution in [0.3, 0.4) is 0 Å². The number of halogens is 1. The highest BCUT2D eigenvalue weighted by atomic mass is 35.5. The van der Waals surface area contributed by atoms with Gasteiger partial charge in [0.2, 0.25) is 10.0 Å². The number of sulfonamides is 1. The maximum Gasteiger partial charge on any atom is 0.243 e. The van der Waals surface area contributed by atoms with Gasteiger partial charge in [0.25, 0.3) is 0 Å². The van der Waals surface area contributed by atoms with Crippen molar-refractivity contribution in [1.29, 1.82) is 0 Å². The van der Waals surface area contributed by atoms with Crippen LogP contribution < -0.4 is 0 Å². The Balaban J connectivity index is 3.18. The lowest BCUT2D eigenvalue weighted by atomic mass is 10.2. The number of aliphatic hydroxyl groups is 1. The Bertz CT molecular complexity index is 499. The van der Waals surface area contributed by atoms with Crippen molar-refractivity contribution < 1.29 is 13.5 Å². The summed E-state index contributed by atoms with van der Waals surface area (Å²) in [5.41, 5.74) is 0.520. The van der Waals surface area contributed by atoms with Crippen molar-refractivity contribution in [2.75, 3.05) is 13.6 Å². The predicted molar refractivity (Wildman–Crippen MR) is 67.7 cm³/mol. The van der Waals surface area contributed by atoms with Crippen molar-refractivity contribution in [1.82, 2.24) is 4.31 Å². The fourth-order valence-electron chi connectivity index (χ4n) is 1.51. The topological polar surface area (TPSA) is 57.6 Å².